The van der Waals surface area contributed by atoms with E-state index >= 15 is 0 Å². The Balaban J connectivity index is 1.01. The van der Waals surface area contributed by atoms with Gasteiger partial charge in [-0.2, -0.15) is 0 Å². The van der Waals surface area contributed by atoms with E-state index in [0.717, 1.165) is 17.1 Å². The number of fused-ring (bicyclic) bond motifs is 13. The van der Waals surface area contributed by atoms with Crippen molar-refractivity contribution in [3.05, 3.63) is 222 Å². The van der Waals surface area contributed by atoms with Crippen LogP contribution in [-0.2, 0) is 5.41 Å². The van der Waals surface area contributed by atoms with E-state index in [-0.39, 0.29) is 0 Å². The zero-order valence-electron chi connectivity index (χ0n) is 30.3. The highest BCUT2D eigenvalue weighted by Crippen LogP contribution is 2.65. The smallest absolute Gasteiger partial charge is 0.194 e. The second kappa shape index (κ2) is 11.8. The Morgan fingerprint density at radius 3 is 1.64 bits per heavy atom. The Hall–Kier alpha value is -7.36. The van der Waals surface area contributed by atoms with Gasteiger partial charge in [0.1, 0.15) is 0 Å². The molecule has 0 N–H and O–H groups in total. The van der Waals surface area contributed by atoms with Crippen molar-refractivity contribution in [3.8, 4) is 56.4 Å². The number of anilines is 3. The van der Waals surface area contributed by atoms with Gasteiger partial charge in [0.05, 0.1) is 11.1 Å². The molecule has 3 nitrogen and oxygen atoms in total. The second-order valence-electron chi connectivity index (χ2n) is 14.8. The van der Waals surface area contributed by atoms with Gasteiger partial charge in [0, 0.05) is 11.4 Å². The van der Waals surface area contributed by atoms with E-state index in [1.165, 1.54) is 66.4 Å². The fourth-order valence-corrected chi connectivity index (χ4v) is 9.62. The third-order valence-corrected chi connectivity index (χ3v) is 11.9. The number of hydrogen-bond acceptors (Lipinski definition) is 3. The molecule has 1 heterocycles. The fraction of sp³-hybridized carbons (Fsp3) is 0.0189. The summed E-state index contributed by atoms with van der Waals surface area (Å²) in [5.74, 6) is 2.78. The molecule has 0 amide bonds. The molecule has 3 aliphatic rings. The first-order chi connectivity index (χ1) is 27.8. The van der Waals surface area contributed by atoms with Gasteiger partial charge >= 0.3 is 0 Å². The van der Waals surface area contributed by atoms with Crippen molar-refractivity contribution in [2.45, 2.75) is 5.41 Å². The number of rotatable bonds is 4. The Labute approximate surface area is 325 Å². The summed E-state index contributed by atoms with van der Waals surface area (Å²) < 4.78 is 13.9. The van der Waals surface area contributed by atoms with Gasteiger partial charge in [-0.25, -0.2) is 0 Å². The lowest BCUT2D eigenvalue weighted by Crippen LogP contribution is -2.25. The van der Waals surface area contributed by atoms with Gasteiger partial charge in [0.15, 0.2) is 23.0 Å². The van der Waals surface area contributed by atoms with Crippen LogP contribution < -0.4 is 14.4 Å². The van der Waals surface area contributed by atoms with Crippen molar-refractivity contribution in [3.63, 3.8) is 0 Å². The van der Waals surface area contributed by atoms with E-state index in [0.29, 0.717) is 23.0 Å². The topological polar surface area (TPSA) is 21.7 Å². The number of hydrogen-bond donors (Lipinski definition) is 0. The number of ether oxygens (including phenoxy) is 2. The molecular formula is C53H33NO2. The van der Waals surface area contributed by atoms with Gasteiger partial charge < -0.3 is 14.4 Å². The zero-order chi connectivity index (χ0) is 36.8. The molecule has 2 aliphatic carbocycles. The molecule has 9 aromatic rings. The number of benzene rings is 9. The first kappa shape index (κ1) is 31.0. The monoisotopic (exact) mass is 715 g/mol. The normalized spacial score (nSPS) is 13.4. The van der Waals surface area contributed by atoms with E-state index in [4.69, 9.17) is 9.47 Å². The summed E-state index contributed by atoms with van der Waals surface area (Å²) in [6.07, 6.45) is 0. The maximum absolute atomic E-state index is 7.11. The van der Waals surface area contributed by atoms with Crippen LogP contribution in [0.4, 0.5) is 17.1 Å². The maximum Gasteiger partial charge on any atom is 0.194 e. The van der Waals surface area contributed by atoms with Crippen LogP contribution in [0.15, 0.2) is 200 Å². The van der Waals surface area contributed by atoms with Crippen LogP contribution in [0.5, 0.6) is 23.0 Å². The van der Waals surface area contributed by atoms with Crippen LogP contribution in [0.2, 0.25) is 0 Å². The predicted octanol–water partition coefficient (Wildman–Crippen LogP) is 14.2. The molecule has 0 saturated carbocycles. The van der Waals surface area contributed by atoms with Gasteiger partial charge in [-0.05, 0) is 115 Å². The minimum absolute atomic E-state index is 0.473. The van der Waals surface area contributed by atoms with Crippen molar-refractivity contribution in [1.29, 1.82) is 0 Å². The maximum atomic E-state index is 7.11. The highest BCUT2D eigenvalue weighted by molar-refractivity contribution is 5.98. The molecule has 12 rings (SSSR count). The molecule has 0 aromatic heterocycles. The molecule has 56 heavy (non-hydrogen) atoms. The molecule has 9 aromatic carbocycles. The average Bonchev–Trinajstić information content (AvgIpc) is 3.72. The third kappa shape index (κ3) is 4.28. The minimum Gasteiger partial charge on any atom is -0.449 e. The molecule has 0 bridgehead atoms. The van der Waals surface area contributed by atoms with E-state index < -0.39 is 5.41 Å². The SMILES string of the molecule is c1ccc(N(c2ccc(-c3cccc4ccccc34)cc2)c2cccc3c2Oc2cc4c(cc2O3)-c2ccccc2C42c3ccccc3-c3ccccc32)cc1. The summed E-state index contributed by atoms with van der Waals surface area (Å²) in [7, 11) is 0. The second-order valence-corrected chi connectivity index (χ2v) is 14.8. The van der Waals surface area contributed by atoms with Crippen molar-refractivity contribution in [2.24, 2.45) is 0 Å². The van der Waals surface area contributed by atoms with E-state index in [1.54, 1.807) is 0 Å². The van der Waals surface area contributed by atoms with Crippen LogP contribution >= 0.6 is 0 Å². The summed E-state index contributed by atoms with van der Waals surface area (Å²) >= 11 is 0. The van der Waals surface area contributed by atoms with E-state index in [9.17, 15) is 0 Å². The van der Waals surface area contributed by atoms with Crippen molar-refractivity contribution in [2.75, 3.05) is 4.90 Å². The average molecular weight is 716 g/mol. The lowest BCUT2D eigenvalue weighted by Gasteiger charge is -2.32. The molecule has 0 saturated heterocycles. The summed E-state index contributed by atoms with van der Waals surface area (Å²) in [5.41, 5.74) is 14.9. The van der Waals surface area contributed by atoms with E-state index in [2.05, 4.69) is 193 Å². The number of para-hydroxylation sites is 2. The van der Waals surface area contributed by atoms with Gasteiger partial charge in [-0.1, -0.05) is 152 Å². The van der Waals surface area contributed by atoms with Crippen LogP contribution in [0.3, 0.4) is 0 Å². The van der Waals surface area contributed by atoms with E-state index in [1.807, 2.05) is 12.1 Å². The Morgan fingerprint density at radius 2 is 0.911 bits per heavy atom. The summed E-state index contributed by atoms with van der Waals surface area (Å²) in [6, 6.07) is 71.6. The molecule has 0 atom stereocenters. The zero-order valence-corrected chi connectivity index (χ0v) is 30.3. The Kier molecular flexibility index (Phi) is 6.55. The molecular weight excluding hydrogens is 683 g/mol. The molecule has 3 heteroatoms. The van der Waals surface area contributed by atoms with Gasteiger partial charge in [-0.3, -0.25) is 0 Å². The van der Waals surface area contributed by atoms with Crippen molar-refractivity contribution < 1.29 is 9.47 Å². The van der Waals surface area contributed by atoms with Crippen LogP contribution in [-0.4, -0.2) is 0 Å². The van der Waals surface area contributed by atoms with Crippen LogP contribution in [0.25, 0.3) is 44.2 Å². The molecule has 0 radical (unpaired) electrons. The molecule has 1 aliphatic heterocycles. The molecule has 0 unspecified atom stereocenters. The Bertz CT molecular complexity index is 2990. The fourth-order valence-electron chi connectivity index (χ4n) is 9.62. The first-order valence-electron chi connectivity index (χ1n) is 19.2. The minimum atomic E-state index is -0.473. The lowest BCUT2D eigenvalue weighted by atomic mass is 9.70. The lowest BCUT2D eigenvalue weighted by molar-refractivity contribution is 0.360. The van der Waals surface area contributed by atoms with Crippen molar-refractivity contribution >= 4 is 27.8 Å². The van der Waals surface area contributed by atoms with Crippen LogP contribution in [0.1, 0.15) is 22.3 Å². The summed E-state index contributed by atoms with van der Waals surface area (Å²) in [4.78, 5) is 2.26. The number of nitrogens with zero attached hydrogens (tertiary/aromatic N) is 1. The van der Waals surface area contributed by atoms with Crippen LogP contribution in [0, 0.1) is 0 Å². The first-order valence-corrected chi connectivity index (χ1v) is 19.2. The third-order valence-electron chi connectivity index (χ3n) is 11.9. The quantitative estimate of drug-likeness (QED) is 0.181. The van der Waals surface area contributed by atoms with Crippen molar-refractivity contribution in [1.82, 2.24) is 0 Å². The highest BCUT2D eigenvalue weighted by Gasteiger charge is 2.52. The largest absolute Gasteiger partial charge is 0.449 e. The molecule has 262 valence electrons. The standard InChI is InChI=1S/C53H33NO2/c1-2-16-36(17-3-1)54(37-30-28-35(29-31-37)39-22-12-15-34-14-4-5-18-38(34)39)48-26-13-27-49-52(48)56-51-33-47-43(32-50(51)55-49)42-21-8-11-25-46(42)53(47)44-23-9-6-19-40(44)41-20-7-10-24-45(41)53/h1-33H. The summed E-state index contributed by atoms with van der Waals surface area (Å²) in [6.45, 7) is 0. The molecule has 0 fully saturated rings. The predicted molar refractivity (Wildman–Crippen MR) is 227 cm³/mol. The molecule has 1 spiro atoms. The summed E-state index contributed by atoms with van der Waals surface area (Å²) in [5, 5.41) is 2.47. The van der Waals surface area contributed by atoms with Gasteiger partial charge in [-0.15, -0.1) is 0 Å². The van der Waals surface area contributed by atoms with Gasteiger partial charge in [0.2, 0.25) is 0 Å². The van der Waals surface area contributed by atoms with Gasteiger partial charge in [0.25, 0.3) is 0 Å². The highest BCUT2D eigenvalue weighted by atomic mass is 16.6. The Morgan fingerprint density at radius 1 is 0.357 bits per heavy atom.